The molecule has 0 heterocycles. The molecule has 1 aromatic rings. The highest BCUT2D eigenvalue weighted by Crippen LogP contribution is 2.34. The zero-order valence-corrected chi connectivity index (χ0v) is 9.17. The Morgan fingerprint density at radius 3 is 2.87 bits per heavy atom. The number of rotatable bonds is 1. The Morgan fingerprint density at radius 1 is 1.33 bits per heavy atom. The lowest BCUT2D eigenvalue weighted by Crippen LogP contribution is -2.27. The van der Waals surface area contributed by atoms with Crippen molar-refractivity contribution in [3.05, 3.63) is 35.1 Å². The standard InChI is InChI=1S/C13H18FN/c1-9-5-6-11(14)8-13(9)10-3-2-4-12(15)7-10/h5-6,8,10,12H,2-4,7,15H2,1H3. The molecule has 0 aliphatic heterocycles. The smallest absolute Gasteiger partial charge is 0.123 e. The summed E-state index contributed by atoms with van der Waals surface area (Å²) < 4.78 is 13.2. The lowest BCUT2D eigenvalue weighted by atomic mass is 9.80. The van der Waals surface area contributed by atoms with Gasteiger partial charge < -0.3 is 5.73 Å². The zero-order chi connectivity index (χ0) is 10.8. The Hall–Kier alpha value is -0.890. The molecule has 2 atom stereocenters. The molecule has 2 rings (SSSR count). The first-order chi connectivity index (χ1) is 7.16. The molecule has 15 heavy (non-hydrogen) atoms. The summed E-state index contributed by atoms with van der Waals surface area (Å²) in [5.74, 6) is 0.333. The summed E-state index contributed by atoms with van der Waals surface area (Å²) in [5.41, 5.74) is 8.30. The first-order valence-electron chi connectivity index (χ1n) is 5.68. The first-order valence-corrected chi connectivity index (χ1v) is 5.68. The fraction of sp³-hybridized carbons (Fsp3) is 0.538. The summed E-state index contributed by atoms with van der Waals surface area (Å²) >= 11 is 0. The van der Waals surface area contributed by atoms with Gasteiger partial charge in [0.25, 0.3) is 0 Å². The topological polar surface area (TPSA) is 26.0 Å². The maximum Gasteiger partial charge on any atom is 0.123 e. The van der Waals surface area contributed by atoms with Crippen molar-refractivity contribution in [1.82, 2.24) is 0 Å². The lowest BCUT2D eigenvalue weighted by Gasteiger charge is -2.28. The second kappa shape index (κ2) is 4.31. The monoisotopic (exact) mass is 207 g/mol. The van der Waals surface area contributed by atoms with Crippen molar-refractivity contribution in [3.8, 4) is 0 Å². The third-order valence-corrected chi connectivity index (χ3v) is 3.40. The van der Waals surface area contributed by atoms with Crippen molar-refractivity contribution in [3.63, 3.8) is 0 Å². The van der Waals surface area contributed by atoms with Gasteiger partial charge in [-0.05, 0) is 55.4 Å². The van der Waals surface area contributed by atoms with Gasteiger partial charge in [-0.2, -0.15) is 0 Å². The van der Waals surface area contributed by atoms with E-state index < -0.39 is 0 Å². The fourth-order valence-corrected chi connectivity index (χ4v) is 2.56. The minimum Gasteiger partial charge on any atom is -0.328 e. The molecule has 0 radical (unpaired) electrons. The Bertz CT molecular complexity index is 348. The summed E-state index contributed by atoms with van der Waals surface area (Å²) in [5, 5.41) is 0. The van der Waals surface area contributed by atoms with Gasteiger partial charge in [0.2, 0.25) is 0 Å². The summed E-state index contributed by atoms with van der Waals surface area (Å²) in [6, 6.07) is 5.37. The summed E-state index contributed by atoms with van der Waals surface area (Å²) in [4.78, 5) is 0. The van der Waals surface area contributed by atoms with E-state index in [1.54, 1.807) is 6.07 Å². The molecule has 1 saturated carbocycles. The van der Waals surface area contributed by atoms with E-state index in [1.807, 2.05) is 6.07 Å². The number of halogens is 1. The molecule has 82 valence electrons. The molecule has 1 aromatic carbocycles. The molecule has 0 amide bonds. The molecule has 2 N–H and O–H groups in total. The number of hydrogen-bond donors (Lipinski definition) is 1. The van der Waals surface area contributed by atoms with Gasteiger partial charge in [0.05, 0.1) is 0 Å². The Kier molecular flexibility index (Phi) is 3.06. The largest absolute Gasteiger partial charge is 0.328 e. The number of aryl methyl sites for hydroxylation is 1. The van der Waals surface area contributed by atoms with Gasteiger partial charge in [-0.3, -0.25) is 0 Å². The predicted octanol–water partition coefficient (Wildman–Crippen LogP) is 3.12. The lowest BCUT2D eigenvalue weighted by molar-refractivity contribution is 0.391. The van der Waals surface area contributed by atoms with Crippen LogP contribution < -0.4 is 5.73 Å². The van der Waals surface area contributed by atoms with Crippen LogP contribution in [0.25, 0.3) is 0 Å². The average molecular weight is 207 g/mol. The van der Waals surface area contributed by atoms with Crippen LogP contribution in [0.3, 0.4) is 0 Å². The fourth-order valence-electron chi connectivity index (χ4n) is 2.56. The van der Waals surface area contributed by atoms with Gasteiger partial charge >= 0.3 is 0 Å². The van der Waals surface area contributed by atoms with Gasteiger partial charge in [0, 0.05) is 6.04 Å². The van der Waals surface area contributed by atoms with Crippen LogP contribution in [0.5, 0.6) is 0 Å². The van der Waals surface area contributed by atoms with E-state index in [1.165, 1.54) is 18.1 Å². The molecule has 0 saturated heterocycles. The second-order valence-electron chi connectivity index (χ2n) is 4.62. The molecular formula is C13H18FN. The molecule has 1 fully saturated rings. The molecule has 0 aromatic heterocycles. The molecular weight excluding hydrogens is 189 g/mol. The molecule has 1 aliphatic carbocycles. The summed E-state index contributed by atoms with van der Waals surface area (Å²) in [6.07, 6.45) is 4.44. The van der Waals surface area contributed by atoms with Crippen LogP contribution in [0.4, 0.5) is 4.39 Å². The molecule has 1 nitrogen and oxygen atoms in total. The van der Waals surface area contributed by atoms with Crippen LogP contribution in [0.2, 0.25) is 0 Å². The number of benzene rings is 1. The van der Waals surface area contributed by atoms with E-state index in [0.717, 1.165) is 24.8 Å². The minimum atomic E-state index is -0.130. The van der Waals surface area contributed by atoms with Crippen LogP contribution in [0.1, 0.15) is 42.7 Å². The normalized spacial score (nSPS) is 26.6. The minimum absolute atomic E-state index is 0.130. The van der Waals surface area contributed by atoms with E-state index in [-0.39, 0.29) is 5.82 Å². The first kappa shape index (κ1) is 10.6. The Morgan fingerprint density at radius 2 is 2.13 bits per heavy atom. The quantitative estimate of drug-likeness (QED) is 0.752. The van der Waals surface area contributed by atoms with Crippen LogP contribution >= 0.6 is 0 Å². The van der Waals surface area contributed by atoms with Crippen LogP contribution in [0.15, 0.2) is 18.2 Å². The van der Waals surface area contributed by atoms with Gasteiger partial charge in [-0.25, -0.2) is 4.39 Å². The Balaban J connectivity index is 2.24. The van der Waals surface area contributed by atoms with Crippen molar-refractivity contribution >= 4 is 0 Å². The Labute approximate surface area is 90.5 Å². The highest BCUT2D eigenvalue weighted by Gasteiger charge is 2.22. The summed E-state index contributed by atoms with van der Waals surface area (Å²) in [6.45, 7) is 2.05. The van der Waals surface area contributed by atoms with E-state index in [0.29, 0.717) is 12.0 Å². The predicted molar refractivity (Wildman–Crippen MR) is 60.3 cm³/mol. The molecule has 1 aliphatic rings. The van der Waals surface area contributed by atoms with Gasteiger partial charge in [-0.1, -0.05) is 12.5 Å². The van der Waals surface area contributed by atoms with E-state index in [4.69, 9.17) is 5.73 Å². The second-order valence-corrected chi connectivity index (χ2v) is 4.62. The van der Waals surface area contributed by atoms with Crippen molar-refractivity contribution in [2.75, 3.05) is 0 Å². The van der Waals surface area contributed by atoms with Crippen LogP contribution in [0, 0.1) is 12.7 Å². The molecule has 0 spiro atoms. The molecule has 0 bridgehead atoms. The summed E-state index contributed by atoms with van der Waals surface area (Å²) in [7, 11) is 0. The van der Waals surface area contributed by atoms with E-state index >= 15 is 0 Å². The third-order valence-electron chi connectivity index (χ3n) is 3.40. The molecule has 2 heteroatoms. The van der Waals surface area contributed by atoms with Crippen LogP contribution in [-0.4, -0.2) is 6.04 Å². The van der Waals surface area contributed by atoms with Gasteiger partial charge in [0.15, 0.2) is 0 Å². The van der Waals surface area contributed by atoms with Crippen molar-refractivity contribution in [2.24, 2.45) is 5.73 Å². The van der Waals surface area contributed by atoms with Gasteiger partial charge in [0.1, 0.15) is 5.82 Å². The number of nitrogens with two attached hydrogens (primary N) is 1. The van der Waals surface area contributed by atoms with Gasteiger partial charge in [-0.15, -0.1) is 0 Å². The van der Waals surface area contributed by atoms with Crippen LogP contribution in [-0.2, 0) is 0 Å². The maximum absolute atomic E-state index is 13.2. The highest BCUT2D eigenvalue weighted by molar-refractivity contribution is 5.30. The highest BCUT2D eigenvalue weighted by atomic mass is 19.1. The SMILES string of the molecule is Cc1ccc(F)cc1C1CCCC(N)C1. The third kappa shape index (κ3) is 2.37. The zero-order valence-electron chi connectivity index (χ0n) is 9.17. The number of hydrogen-bond acceptors (Lipinski definition) is 1. The van der Waals surface area contributed by atoms with Crippen molar-refractivity contribution < 1.29 is 4.39 Å². The van der Waals surface area contributed by atoms with Crippen molar-refractivity contribution in [1.29, 1.82) is 0 Å². The maximum atomic E-state index is 13.2. The van der Waals surface area contributed by atoms with E-state index in [9.17, 15) is 4.39 Å². The average Bonchev–Trinajstić information content (AvgIpc) is 2.22. The van der Waals surface area contributed by atoms with E-state index in [2.05, 4.69) is 6.92 Å². The van der Waals surface area contributed by atoms with Crippen molar-refractivity contribution in [2.45, 2.75) is 44.6 Å². The molecule has 2 unspecified atom stereocenters.